The first kappa shape index (κ1) is 16.9. The highest BCUT2D eigenvalue weighted by Gasteiger charge is 2.18. The molecular weight excluding hydrogens is 373 g/mol. The van der Waals surface area contributed by atoms with Crippen molar-refractivity contribution < 1.29 is 23.6 Å². The van der Waals surface area contributed by atoms with Crippen LogP contribution in [-0.4, -0.2) is 18.0 Å². The van der Waals surface area contributed by atoms with E-state index in [1.807, 2.05) is 0 Å². The zero-order valence-electron chi connectivity index (χ0n) is 11.9. The van der Waals surface area contributed by atoms with Crippen LogP contribution in [0.5, 0.6) is 5.75 Å². The molecule has 0 radical (unpaired) electrons. The van der Waals surface area contributed by atoms with Crippen molar-refractivity contribution in [1.29, 1.82) is 0 Å². The van der Waals surface area contributed by atoms with Crippen molar-refractivity contribution in [3.8, 4) is 5.75 Å². The molecule has 0 amide bonds. The van der Waals surface area contributed by atoms with Crippen LogP contribution in [-0.2, 0) is 11.3 Å². The van der Waals surface area contributed by atoms with Crippen LogP contribution in [0.15, 0.2) is 40.9 Å². The molecule has 0 bridgehead atoms. The maximum atomic E-state index is 13.2. The lowest BCUT2D eigenvalue weighted by Gasteiger charge is -2.09. The van der Waals surface area contributed by atoms with Gasteiger partial charge in [0.1, 0.15) is 12.4 Å². The monoisotopic (exact) mass is 383 g/mol. The Labute approximate surface area is 139 Å². The number of nitrogens with zero attached hydrogens (tertiary/aromatic N) is 1. The number of rotatable bonds is 5. The standard InChI is InChI=1S/C15H11BrFNO5/c1-22-15(19)10-3-5-13(18(20)21)14(7-10)23-8-9-2-4-12(17)11(16)6-9/h2-7H,8H2,1H3. The number of nitro benzene ring substituents is 1. The van der Waals surface area contributed by atoms with Crippen molar-refractivity contribution in [2.45, 2.75) is 6.61 Å². The predicted molar refractivity (Wildman–Crippen MR) is 82.9 cm³/mol. The molecule has 2 aromatic rings. The summed E-state index contributed by atoms with van der Waals surface area (Å²) in [5.41, 5.74) is 0.461. The Hall–Kier alpha value is -2.48. The van der Waals surface area contributed by atoms with Gasteiger partial charge in [-0.15, -0.1) is 0 Å². The third-order valence-corrected chi connectivity index (χ3v) is 3.56. The second kappa shape index (κ2) is 7.19. The molecule has 0 spiro atoms. The number of hydrogen-bond donors (Lipinski definition) is 0. The van der Waals surface area contributed by atoms with Gasteiger partial charge in [0.05, 0.1) is 22.1 Å². The molecule has 0 unspecified atom stereocenters. The van der Waals surface area contributed by atoms with Gasteiger partial charge in [0, 0.05) is 12.1 Å². The average Bonchev–Trinajstić information content (AvgIpc) is 2.54. The molecule has 0 N–H and O–H groups in total. The van der Waals surface area contributed by atoms with Gasteiger partial charge in [-0.3, -0.25) is 10.1 Å². The minimum absolute atomic E-state index is 0.0235. The maximum Gasteiger partial charge on any atom is 0.337 e. The number of ether oxygens (including phenoxy) is 2. The third kappa shape index (κ3) is 4.04. The molecule has 23 heavy (non-hydrogen) atoms. The molecule has 0 heterocycles. The topological polar surface area (TPSA) is 78.7 Å². The van der Waals surface area contributed by atoms with E-state index in [4.69, 9.17) is 4.74 Å². The number of nitro groups is 1. The highest BCUT2D eigenvalue weighted by molar-refractivity contribution is 9.10. The molecule has 0 aromatic heterocycles. The zero-order chi connectivity index (χ0) is 17.0. The van der Waals surface area contributed by atoms with E-state index in [0.29, 0.717) is 5.56 Å². The SMILES string of the molecule is COC(=O)c1ccc([N+](=O)[O-])c(OCc2ccc(F)c(Br)c2)c1. The summed E-state index contributed by atoms with van der Waals surface area (Å²) in [6.45, 7) is -0.0235. The Morgan fingerprint density at radius 1 is 1.30 bits per heavy atom. The van der Waals surface area contributed by atoms with Gasteiger partial charge in [0.15, 0.2) is 5.75 Å². The van der Waals surface area contributed by atoms with Crippen LogP contribution < -0.4 is 4.74 Å². The fraction of sp³-hybridized carbons (Fsp3) is 0.133. The molecule has 0 aliphatic carbocycles. The summed E-state index contributed by atoms with van der Waals surface area (Å²) in [4.78, 5) is 21.9. The number of carbonyl (C=O) groups is 1. The molecule has 0 saturated carbocycles. The van der Waals surface area contributed by atoms with Crippen LogP contribution in [0.2, 0.25) is 0 Å². The van der Waals surface area contributed by atoms with Crippen LogP contribution >= 0.6 is 15.9 Å². The Kier molecular flexibility index (Phi) is 5.28. The first-order chi connectivity index (χ1) is 10.9. The average molecular weight is 384 g/mol. The molecule has 2 rings (SSSR count). The maximum absolute atomic E-state index is 13.2. The highest BCUT2D eigenvalue weighted by atomic mass is 79.9. The van der Waals surface area contributed by atoms with Crippen molar-refractivity contribution in [1.82, 2.24) is 0 Å². The van der Waals surface area contributed by atoms with Gasteiger partial charge >= 0.3 is 11.7 Å². The van der Waals surface area contributed by atoms with Gasteiger partial charge in [0.2, 0.25) is 0 Å². The van der Waals surface area contributed by atoms with E-state index in [0.717, 1.165) is 0 Å². The van der Waals surface area contributed by atoms with Gasteiger partial charge in [-0.05, 0) is 39.7 Å². The minimum Gasteiger partial charge on any atom is -0.482 e. The van der Waals surface area contributed by atoms with E-state index >= 15 is 0 Å². The van der Waals surface area contributed by atoms with Crippen molar-refractivity contribution in [2.24, 2.45) is 0 Å². The van der Waals surface area contributed by atoms with Crippen LogP contribution in [0.1, 0.15) is 15.9 Å². The van der Waals surface area contributed by atoms with Crippen LogP contribution in [0, 0.1) is 15.9 Å². The Bertz CT molecular complexity index is 766. The molecule has 0 atom stereocenters. The summed E-state index contributed by atoms with van der Waals surface area (Å²) in [5, 5.41) is 11.0. The number of esters is 1. The summed E-state index contributed by atoms with van der Waals surface area (Å²) >= 11 is 3.05. The summed E-state index contributed by atoms with van der Waals surface area (Å²) in [7, 11) is 1.21. The van der Waals surface area contributed by atoms with E-state index in [-0.39, 0.29) is 28.1 Å². The van der Waals surface area contributed by atoms with Crippen LogP contribution in [0.4, 0.5) is 10.1 Å². The van der Waals surface area contributed by atoms with Crippen LogP contribution in [0.3, 0.4) is 0 Å². The molecule has 0 aliphatic heterocycles. The summed E-state index contributed by atoms with van der Waals surface area (Å²) in [5.74, 6) is -1.12. The normalized spacial score (nSPS) is 10.2. The summed E-state index contributed by atoms with van der Waals surface area (Å²) in [6.07, 6.45) is 0. The summed E-state index contributed by atoms with van der Waals surface area (Å²) in [6, 6.07) is 7.94. The molecule has 120 valence electrons. The predicted octanol–water partition coefficient (Wildman–Crippen LogP) is 3.86. The molecule has 2 aromatic carbocycles. The van der Waals surface area contributed by atoms with Crippen molar-refractivity contribution in [3.05, 3.63) is 67.9 Å². The third-order valence-electron chi connectivity index (χ3n) is 2.96. The fourth-order valence-electron chi connectivity index (χ4n) is 1.82. The Balaban J connectivity index is 2.27. The van der Waals surface area contributed by atoms with Gasteiger partial charge in [-0.2, -0.15) is 0 Å². The summed E-state index contributed by atoms with van der Waals surface area (Å²) < 4.78 is 23.4. The van der Waals surface area contributed by atoms with Gasteiger partial charge in [-0.25, -0.2) is 9.18 Å². The molecule has 0 fully saturated rings. The number of halogens is 2. The smallest absolute Gasteiger partial charge is 0.337 e. The minimum atomic E-state index is -0.630. The second-order valence-corrected chi connectivity index (χ2v) is 5.32. The lowest BCUT2D eigenvalue weighted by Crippen LogP contribution is -2.04. The van der Waals surface area contributed by atoms with Gasteiger partial charge < -0.3 is 9.47 Å². The van der Waals surface area contributed by atoms with E-state index in [2.05, 4.69) is 20.7 Å². The number of hydrogen-bond acceptors (Lipinski definition) is 5. The zero-order valence-corrected chi connectivity index (χ0v) is 13.5. The first-order valence-corrected chi connectivity index (χ1v) is 7.15. The van der Waals surface area contributed by atoms with E-state index in [9.17, 15) is 19.3 Å². The molecule has 0 aliphatic rings. The number of carbonyl (C=O) groups excluding carboxylic acids is 1. The van der Waals surface area contributed by atoms with E-state index in [1.54, 1.807) is 0 Å². The molecule has 8 heteroatoms. The van der Waals surface area contributed by atoms with Crippen molar-refractivity contribution >= 4 is 27.6 Å². The fourth-order valence-corrected chi connectivity index (χ4v) is 2.24. The lowest BCUT2D eigenvalue weighted by atomic mass is 10.2. The van der Waals surface area contributed by atoms with Crippen molar-refractivity contribution in [3.63, 3.8) is 0 Å². The Morgan fingerprint density at radius 3 is 2.65 bits per heavy atom. The highest BCUT2D eigenvalue weighted by Crippen LogP contribution is 2.29. The van der Waals surface area contributed by atoms with E-state index < -0.39 is 16.7 Å². The second-order valence-electron chi connectivity index (χ2n) is 4.47. The molecule has 6 nitrogen and oxygen atoms in total. The van der Waals surface area contributed by atoms with Crippen LogP contribution in [0.25, 0.3) is 0 Å². The first-order valence-electron chi connectivity index (χ1n) is 6.36. The van der Waals surface area contributed by atoms with Gasteiger partial charge in [0.25, 0.3) is 0 Å². The van der Waals surface area contributed by atoms with E-state index in [1.165, 1.54) is 43.5 Å². The van der Waals surface area contributed by atoms with Crippen molar-refractivity contribution in [2.75, 3.05) is 7.11 Å². The molecular formula is C15H11BrFNO5. The molecule has 0 saturated heterocycles. The Morgan fingerprint density at radius 2 is 2.04 bits per heavy atom. The van der Waals surface area contributed by atoms with Gasteiger partial charge in [-0.1, -0.05) is 6.07 Å². The lowest BCUT2D eigenvalue weighted by molar-refractivity contribution is -0.385. The number of benzene rings is 2. The quantitative estimate of drug-likeness (QED) is 0.444. The largest absolute Gasteiger partial charge is 0.482 e. The number of methoxy groups -OCH3 is 1.